The first kappa shape index (κ1) is 19.7. The molecule has 1 nitrogen and oxygen atoms in total. The minimum Gasteiger partial charge on any atom is -0.364 e. The Morgan fingerprint density at radius 3 is 1.20 bits per heavy atom. The van der Waals surface area contributed by atoms with Crippen molar-refractivity contribution in [2.75, 3.05) is 0 Å². The second kappa shape index (κ2) is 7.33. The lowest BCUT2D eigenvalue weighted by molar-refractivity contribution is -0.113. The summed E-state index contributed by atoms with van der Waals surface area (Å²) in [5.74, 6) is 0. The lowest BCUT2D eigenvalue weighted by Crippen LogP contribution is -2.30. The Morgan fingerprint density at radius 1 is 0.600 bits per heavy atom. The smallest absolute Gasteiger partial charge is 0.0884 e. The van der Waals surface area contributed by atoms with Gasteiger partial charge in [-0.3, -0.25) is 0 Å². The molecule has 136 valence electrons. The summed E-state index contributed by atoms with van der Waals surface area (Å²) in [4.78, 5) is 0. The Balaban J connectivity index is 2.51. The summed E-state index contributed by atoms with van der Waals surface area (Å²) in [5.41, 5.74) is 5.19. The van der Waals surface area contributed by atoms with Crippen LogP contribution in [0.2, 0.25) is 0 Å². The van der Waals surface area contributed by atoms with Crippen molar-refractivity contribution in [3.05, 3.63) is 70.8 Å². The molecule has 0 fully saturated rings. The molecule has 0 amide bonds. The van der Waals surface area contributed by atoms with Gasteiger partial charge in [-0.25, -0.2) is 0 Å². The first-order valence-electron chi connectivity index (χ1n) is 9.28. The summed E-state index contributed by atoms with van der Waals surface area (Å²) >= 11 is 0. The summed E-state index contributed by atoms with van der Waals surface area (Å²) in [7, 11) is 0. The Kier molecular flexibility index (Phi) is 5.79. The Bertz CT molecular complexity index is 639. The molecule has 2 aromatic rings. The normalized spacial score (nSPS) is 15.0. The highest BCUT2D eigenvalue weighted by molar-refractivity contribution is 5.31. The van der Waals surface area contributed by atoms with Crippen molar-refractivity contribution < 1.29 is 4.74 Å². The largest absolute Gasteiger partial charge is 0.364 e. The number of ether oxygens (including phenoxy) is 1. The van der Waals surface area contributed by atoms with Crippen molar-refractivity contribution in [3.8, 4) is 0 Å². The van der Waals surface area contributed by atoms with Crippen LogP contribution in [0, 0.1) is 24.7 Å². The van der Waals surface area contributed by atoms with Crippen LogP contribution in [0.1, 0.15) is 76.0 Å². The van der Waals surface area contributed by atoms with Crippen LogP contribution in [-0.4, -0.2) is 0 Å². The predicted octanol–water partition coefficient (Wildman–Crippen LogP) is 7.19. The summed E-state index contributed by atoms with van der Waals surface area (Å²) in [6.07, 6.45) is 0.0788. The molecular weight excluding hydrogens is 304 g/mol. The van der Waals surface area contributed by atoms with Crippen molar-refractivity contribution in [1.29, 1.82) is 0 Å². The van der Waals surface area contributed by atoms with Crippen molar-refractivity contribution in [2.45, 2.75) is 67.6 Å². The van der Waals surface area contributed by atoms with Crippen molar-refractivity contribution >= 4 is 0 Å². The van der Waals surface area contributed by atoms with Gasteiger partial charge < -0.3 is 4.74 Å². The van der Waals surface area contributed by atoms with Crippen LogP contribution in [0.5, 0.6) is 0 Å². The van der Waals surface area contributed by atoms with Gasteiger partial charge in [0, 0.05) is 0 Å². The van der Waals surface area contributed by atoms with E-state index in [1.54, 1.807) is 0 Å². The highest BCUT2D eigenvalue weighted by Gasteiger charge is 2.36. The fourth-order valence-electron chi connectivity index (χ4n) is 3.39. The molecule has 0 aromatic heterocycles. The zero-order chi connectivity index (χ0) is 18.8. The van der Waals surface area contributed by atoms with E-state index in [1.165, 1.54) is 22.3 Å². The number of hydrogen-bond donors (Lipinski definition) is 0. The SMILES string of the molecule is Cc1ccccc1C(OC(c1ccccc1C)C(C)(C)C)C(C)(C)C. The molecule has 0 N–H and O–H groups in total. The van der Waals surface area contributed by atoms with Crippen LogP contribution >= 0.6 is 0 Å². The van der Waals surface area contributed by atoms with E-state index in [9.17, 15) is 0 Å². The Hall–Kier alpha value is -1.60. The summed E-state index contributed by atoms with van der Waals surface area (Å²) in [6, 6.07) is 17.2. The summed E-state index contributed by atoms with van der Waals surface area (Å²) in [5, 5.41) is 0. The second-order valence-electron chi connectivity index (χ2n) is 9.34. The molecule has 0 heterocycles. The van der Waals surface area contributed by atoms with E-state index in [0.29, 0.717) is 0 Å². The van der Waals surface area contributed by atoms with Crippen LogP contribution in [0.25, 0.3) is 0 Å². The maximum absolute atomic E-state index is 6.91. The van der Waals surface area contributed by atoms with Gasteiger partial charge in [-0.15, -0.1) is 0 Å². The molecule has 2 atom stereocenters. The van der Waals surface area contributed by atoms with Crippen LogP contribution in [0.4, 0.5) is 0 Å². The molecule has 1 heteroatoms. The quantitative estimate of drug-likeness (QED) is 0.573. The highest BCUT2D eigenvalue weighted by atomic mass is 16.5. The number of benzene rings is 2. The van der Waals surface area contributed by atoms with Crippen molar-refractivity contribution in [1.82, 2.24) is 0 Å². The van der Waals surface area contributed by atoms with E-state index in [0.717, 1.165) is 0 Å². The van der Waals surface area contributed by atoms with E-state index in [2.05, 4.69) is 104 Å². The molecule has 2 unspecified atom stereocenters. The lowest BCUT2D eigenvalue weighted by Gasteiger charge is -2.40. The van der Waals surface area contributed by atoms with Gasteiger partial charge in [-0.2, -0.15) is 0 Å². The van der Waals surface area contributed by atoms with E-state index in [1.807, 2.05) is 0 Å². The monoisotopic (exact) mass is 338 g/mol. The van der Waals surface area contributed by atoms with Gasteiger partial charge in [0.05, 0.1) is 12.2 Å². The van der Waals surface area contributed by atoms with Crippen molar-refractivity contribution in [2.24, 2.45) is 10.8 Å². The minimum atomic E-state index is 0.0122. The molecule has 0 spiro atoms. The molecule has 0 saturated carbocycles. The topological polar surface area (TPSA) is 9.23 Å². The molecular formula is C24H34O. The third-order valence-corrected chi connectivity index (χ3v) is 4.79. The first-order valence-corrected chi connectivity index (χ1v) is 9.28. The Morgan fingerprint density at radius 2 is 0.920 bits per heavy atom. The zero-order valence-corrected chi connectivity index (χ0v) is 17.2. The van der Waals surface area contributed by atoms with E-state index in [-0.39, 0.29) is 23.0 Å². The average molecular weight is 339 g/mol. The fourth-order valence-corrected chi connectivity index (χ4v) is 3.39. The number of hydrogen-bond acceptors (Lipinski definition) is 1. The number of aryl methyl sites for hydroxylation is 2. The lowest BCUT2D eigenvalue weighted by atomic mass is 9.80. The molecule has 0 bridgehead atoms. The van der Waals surface area contributed by atoms with Gasteiger partial charge in [0.1, 0.15) is 0 Å². The van der Waals surface area contributed by atoms with Crippen molar-refractivity contribution in [3.63, 3.8) is 0 Å². The minimum absolute atomic E-state index is 0.0122. The molecule has 0 radical (unpaired) electrons. The van der Waals surface area contributed by atoms with Gasteiger partial charge in [0.2, 0.25) is 0 Å². The molecule has 0 aliphatic carbocycles. The van der Waals surface area contributed by atoms with Crippen LogP contribution in [0.3, 0.4) is 0 Å². The molecule has 0 aliphatic heterocycles. The van der Waals surface area contributed by atoms with E-state index < -0.39 is 0 Å². The number of rotatable bonds is 4. The maximum atomic E-state index is 6.91. The van der Waals surface area contributed by atoms with Gasteiger partial charge in [0.15, 0.2) is 0 Å². The third-order valence-electron chi connectivity index (χ3n) is 4.79. The van der Waals surface area contributed by atoms with Gasteiger partial charge >= 0.3 is 0 Å². The zero-order valence-electron chi connectivity index (χ0n) is 17.2. The van der Waals surface area contributed by atoms with E-state index in [4.69, 9.17) is 4.74 Å². The molecule has 2 rings (SSSR count). The standard InChI is InChI=1S/C24H34O/c1-17-13-9-11-15-19(17)21(23(3,4)5)25-22(24(6,7)8)20-16-12-10-14-18(20)2/h9-16,21-22H,1-8H3. The third kappa shape index (κ3) is 4.73. The molecule has 2 aromatic carbocycles. The van der Waals surface area contributed by atoms with Crippen LogP contribution in [-0.2, 0) is 4.74 Å². The summed E-state index contributed by atoms with van der Waals surface area (Å²) < 4.78 is 6.91. The summed E-state index contributed by atoms with van der Waals surface area (Å²) in [6.45, 7) is 17.9. The van der Waals surface area contributed by atoms with Gasteiger partial charge in [-0.1, -0.05) is 90.1 Å². The fraction of sp³-hybridized carbons (Fsp3) is 0.500. The van der Waals surface area contributed by atoms with Gasteiger partial charge in [-0.05, 0) is 46.9 Å². The first-order chi connectivity index (χ1) is 11.5. The predicted molar refractivity (Wildman–Crippen MR) is 108 cm³/mol. The average Bonchev–Trinajstić information content (AvgIpc) is 2.48. The maximum Gasteiger partial charge on any atom is 0.0884 e. The van der Waals surface area contributed by atoms with Gasteiger partial charge in [0.25, 0.3) is 0 Å². The molecule has 25 heavy (non-hydrogen) atoms. The van der Waals surface area contributed by atoms with Crippen LogP contribution in [0.15, 0.2) is 48.5 Å². The van der Waals surface area contributed by atoms with E-state index >= 15 is 0 Å². The molecule has 0 saturated heterocycles. The second-order valence-corrected chi connectivity index (χ2v) is 9.34. The molecule has 0 aliphatic rings. The highest BCUT2D eigenvalue weighted by Crippen LogP contribution is 2.46. The van der Waals surface area contributed by atoms with Crippen LogP contribution < -0.4 is 0 Å². The Labute approximate surface area is 154 Å².